The molecule has 0 radical (unpaired) electrons. The lowest BCUT2D eigenvalue weighted by atomic mass is 9.93. The van der Waals surface area contributed by atoms with Crippen LogP contribution >= 0.6 is 0 Å². The van der Waals surface area contributed by atoms with Crippen LogP contribution in [0.15, 0.2) is 47.4 Å². The molecule has 3 rings (SSSR count). The summed E-state index contributed by atoms with van der Waals surface area (Å²) in [6.45, 7) is 1.55. The average molecular weight is 361 g/mol. The van der Waals surface area contributed by atoms with Crippen molar-refractivity contribution in [2.45, 2.75) is 17.7 Å². The first-order chi connectivity index (χ1) is 12.0. The van der Waals surface area contributed by atoms with Crippen molar-refractivity contribution in [3.63, 3.8) is 0 Å². The number of H-pyrrole nitrogens is 1. The molecule has 25 heavy (non-hydrogen) atoms. The minimum atomic E-state index is -3.20. The van der Waals surface area contributed by atoms with Crippen molar-refractivity contribution in [3.05, 3.63) is 53.7 Å². The van der Waals surface area contributed by atoms with Gasteiger partial charge in [0.05, 0.1) is 12.0 Å². The van der Waals surface area contributed by atoms with Gasteiger partial charge in [0.1, 0.15) is 0 Å². The molecule has 0 unspecified atom stereocenters. The van der Waals surface area contributed by atoms with Crippen LogP contribution in [0, 0.1) is 5.92 Å². The highest BCUT2D eigenvalue weighted by Gasteiger charge is 2.16. The van der Waals surface area contributed by atoms with Gasteiger partial charge < -0.3 is 14.5 Å². The fraction of sp³-hybridized carbons (Fsp3) is 0.368. The zero-order valence-corrected chi connectivity index (χ0v) is 15.3. The van der Waals surface area contributed by atoms with Crippen LogP contribution in [-0.2, 0) is 14.6 Å². The highest BCUT2D eigenvalue weighted by atomic mass is 32.2. The van der Waals surface area contributed by atoms with Gasteiger partial charge in [0.2, 0.25) is 0 Å². The Labute approximate surface area is 148 Å². The molecule has 1 saturated heterocycles. The number of methoxy groups -OCH3 is 1. The van der Waals surface area contributed by atoms with Crippen LogP contribution in [0.3, 0.4) is 0 Å². The van der Waals surface area contributed by atoms with E-state index in [1.807, 2.05) is 24.3 Å². The highest BCUT2D eigenvalue weighted by molar-refractivity contribution is 7.90. The predicted octanol–water partition coefficient (Wildman–Crippen LogP) is 3.29. The van der Waals surface area contributed by atoms with Crippen LogP contribution in [-0.4, -0.2) is 40.0 Å². The van der Waals surface area contributed by atoms with Crippen molar-refractivity contribution in [3.8, 4) is 5.88 Å². The summed E-state index contributed by atoms with van der Waals surface area (Å²) in [6, 6.07) is 10.9. The molecule has 2 heterocycles. The van der Waals surface area contributed by atoms with E-state index in [0.29, 0.717) is 16.7 Å². The number of ether oxygens (including phenoxy) is 2. The monoisotopic (exact) mass is 361 g/mol. The van der Waals surface area contributed by atoms with E-state index >= 15 is 0 Å². The van der Waals surface area contributed by atoms with E-state index in [4.69, 9.17) is 9.47 Å². The molecule has 1 aliphatic rings. The van der Waals surface area contributed by atoms with E-state index in [1.165, 1.54) is 6.26 Å². The SMILES string of the molecule is COc1ccc(C(=CC2CCOCC2)c2ccc(S(C)(=O)=O)cc2)[nH]1. The Balaban J connectivity index is 1.99. The third kappa shape index (κ3) is 4.32. The fourth-order valence-corrected chi connectivity index (χ4v) is 3.62. The molecule has 134 valence electrons. The number of benzene rings is 1. The molecule has 0 saturated carbocycles. The quantitative estimate of drug-likeness (QED) is 0.887. The first-order valence-electron chi connectivity index (χ1n) is 8.31. The number of allylic oxidation sites excluding steroid dienone is 1. The van der Waals surface area contributed by atoms with Crippen LogP contribution < -0.4 is 4.74 Å². The number of sulfone groups is 1. The van der Waals surface area contributed by atoms with Crippen molar-refractivity contribution in [2.75, 3.05) is 26.6 Å². The first kappa shape index (κ1) is 17.8. The highest BCUT2D eigenvalue weighted by Crippen LogP contribution is 2.29. The molecular weight excluding hydrogens is 338 g/mol. The molecular formula is C19H23NO4S. The average Bonchev–Trinajstić information content (AvgIpc) is 3.09. The Hall–Kier alpha value is -2.05. The predicted molar refractivity (Wildman–Crippen MR) is 97.5 cm³/mol. The molecule has 0 bridgehead atoms. The minimum absolute atomic E-state index is 0.325. The lowest BCUT2D eigenvalue weighted by Gasteiger charge is -2.20. The molecule has 1 aliphatic heterocycles. The van der Waals surface area contributed by atoms with Gasteiger partial charge in [-0.25, -0.2) is 8.42 Å². The molecule has 6 heteroatoms. The topological polar surface area (TPSA) is 68.4 Å². The molecule has 0 atom stereocenters. The second-order valence-corrected chi connectivity index (χ2v) is 8.28. The van der Waals surface area contributed by atoms with Gasteiger partial charge in [0, 0.05) is 36.8 Å². The van der Waals surface area contributed by atoms with Gasteiger partial charge in [-0.1, -0.05) is 18.2 Å². The van der Waals surface area contributed by atoms with Crippen LogP contribution in [0.25, 0.3) is 5.57 Å². The number of aromatic nitrogens is 1. The van der Waals surface area contributed by atoms with Gasteiger partial charge >= 0.3 is 0 Å². The summed E-state index contributed by atoms with van der Waals surface area (Å²) in [5.74, 6) is 1.13. The van der Waals surface area contributed by atoms with Crippen molar-refractivity contribution in [1.82, 2.24) is 4.98 Å². The van der Waals surface area contributed by atoms with Gasteiger partial charge in [-0.15, -0.1) is 0 Å². The molecule has 5 nitrogen and oxygen atoms in total. The summed E-state index contributed by atoms with van der Waals surface area (Å²) in [7, 11) is -1.58. The van der Waals surface area contributed by atoms with Gasteiger partial charge in [-0.05, 0) is 42.5 Å². The van der Waals surface area contributed by atoms with Crippen molar-refractivity contribution < 1.29 is 17.9 Å². The van der Waals surface area contributed by atoms with E-state index in [9.17, 15) is 8.42 Å². The normalized spacial score (nSPS) is 16.8. The third-order valence-corrected chi connectivity index (χ3v) is 5.56. The first-order valence-corrected chi connectivity index (χ1v) is 10.2. The van der Waals surface area contributed by atoms with E-state index in [2.05, 4.69) is 11.1 Å². The number of hydrogen-bond acceptors (Lipinski definition) is 4. The molecule has 1 fully saturated rings. The van der Waals surface area contributed by atoms with E-state index in [1.54, 1.807) is 19.2 Å². The Kier molecular flexibility index (Phi) is 5.30. The summed E-state index contributed by atoms with van der Waals surface area (Å²) < 4.78 is 34.1. The van der Waals surface area contributed by atoms with Crippen molar-refractivity contribution in [1.29, 1.82) is 0 Å². The molecule has 0 amide bonds. The number of rotatable bonds is 5. The lowest BCUT2D eigenvalue weighted by Crippen LogP contribution is -2.14. The molecule has 0 aliphatic carbocycles. The fourth-order valence-electron chi connectivity index (χ4n) is 2.99. The van der Waals surface area contributed by atoms with Crippen molar-refractivity contribution >= 4 is 15.4 Å². The van der Waals surface area contributed by atoms with Crippen molar-refractivity contribution in [2.24, 2.45) is 5.92 Å². The smallest absolute Gasteiger partial charge is 0.190 e. The summed E-state index contributed by atoms with van der Waals surface area (Å²) in [5.41, 5.74) is 2.98. The summed E-state index contributed by atoms with van der Waals surface area (Å²) in [4.78, 5) is 3.58. The van der Waals surface area contributed by atoms with Gasteiger partial charge in [0.25, 0.3) is 0 Å². The molecule has 0 spiro atoms. The molecule has 1 N–H and O–H groups in total. The van der Waals surface area contributed by atoms with Crippen LogP contribution in [0.2, 0.25) is 0 Å². The van der Waals surface area contributed by atoms with E-state index in [-0.39, 0.29) is 0 Å². The maximum Gasteiger partial charge on any atom is 0.190 e. The molecule has 1 aromatic heterocycles. The minimum Gasteiger partial charge on any atom is -0.482 e. The Morgan fingerprint density at radius 1 is 1.16 bits per heavy atom. The summed E-state index contributed by atoms with van der Waals surface area (Å²) in [6.07, 6.45) is 5.45. The lowest BCUT2D eigenvalue weighted by molar-refractivity contribution is 0.0786. The van der Waals surface area contributed by atoms with E-state index in [0.717, 1.165) is 42.9 Å². The Morgan fingerprint density at radius 2 is 1.84 bits per heavy atom. The maximum absolute atomic E-state index is 11.7. The summed E-state index contributed by atoms with van der Waals surface area (Å²) >= 11 is 0. The van der Waals surface area contributed by atoms with Gasteiger partial charge in [-0.2, -0.15) is 0 Å². The third-order valence-electron chi connectivity index (χ3n) is 4.43. The van der Waals surface area contributed by atoms with Crippen LogP contribution in [0.1, 0.15) is 24.1 Å². The number of hydrogen-bond donors (Lipinski definition) is 1. The number of nitrogens with one attached hydrogen (secondary N) is 1. The van der Waals surface area contributed by atoms with Gasteiger partial charge in [-0.3, -0.25) is 0 Å². The zero-order chi connectivity index (χ0) is 17.9. The molecule has 2 aromatic rings. The van der Waals surface area contributed by atoms with Crippen LogP contribution in [0.4, 0.5) is 0 Å². The van der Waals surface area contributed by atoms with E-state index < -0.39 is 9.84 Å². The number of aromatic amines is 1. The second kappa shape index (κ2) is 7.45. The maximum atomic E-state index is 11.7. The van der Waals surface area contributed by atoms with Crippen LogP contribution in [0.5, 0.6) is 5.88 Å². The Morgan fingerprint density at radius 3 is 2.40 bits per heavy atom. The Bertz CT molecular complexity index is 844. The largest absolute Gasteiger partial charge is 0.482 e. The summed E-state index contributed by atoms with van der Waals surface area (Å²) in [5, 5.41) is 0. The zero-order valence-electron chi connectivity index (χ0n) is 14.5. The van der Waals surface area contributed by atoms with Gasteiger partial charge in [0.15, 0.2) is 15.7 Å². The second-order valence-electron chi connectivity index (χ2n) is 6.27. The standard InChI is InChI=1S/C19H23NO4S/c1-23-19-8-7-18(20-19)17(13-14-9-11-24-12-10-14)15-3-5-16(6-4-15)25(2,21)22/h3-8,13-14,20H,9-12H2,1-2H3. The molecule has 1 aromatic carbocycles.